The molecule has 0 aliphatic carbocycles. The first kappa shape index (κ1) is 12.2. The quantitative estimate of drug-likeness (QED) is 0.730. The molecule has 84 valence electrons. The lowest BCUT2D eigenvalue weighted by atomic mass is 10.4. The molecule has 1 heterocycles. The van der Waals surface area contributed by atoms with Crippen molar-refractivity contribution in [3.05, 3.63) is 16.3 Å². The minimum Gasteiger partial charge on any atom is -0.373 e. The van der Waals surface area contributed by atoms with E-state index in [1.54, 1.807) is 6.07 Å². The zero-order valence-corrected chi connectivity index (χ0v) is 10.3. The van der Waals surface area contributed by atoms with Gasteiger partial charge in [0.2, 0.25) is 0 Å². The van der Waals surface area contributed by atoms with Crippen LogP contribution in [0.25, 0.3) is 0 Å². The second-order valence-electron chi connectivity index (χ2n) is 3.38. The largest absolute Gasteiger partial charge is 0.373 e. The van der Waals surface area contributed by atoms with Crippen LogP contribution in [-0.2, 0) is 9.84 Å². The normalized spacial score (nSPS) is 11.3. The average molecular weight is 247 g/mol. The minimum atomic E-state index is -2.93. The lowest BCUT2D eigenvalue weighted by Gasteiger charge is -2.16. The predicted octanol–water partition coefficient (Wildman–Crippen LogP) is 1.04. The van der Waals surface area contributed by atoms with Gasteiger partial charge in [-0.2, -0.15) is 0 Å². The summed E-state index contributed by atoms with van der Waals surface area (Å²) in [4.78, 5) is 12.9. The van der Waals surface area contributed by atoms with Crippen LogP contribution >= 0.6 is 11.3 Å². The van der Waals surface area contributed by atoms with Crippen molar-refractivity contribution in [2.45, 2.75) is 0 Å². The van der Waals surface area contributed by atoms with Crippen LogP contribution < -0.4 is 4.90 Å². The molecule has 0 N–H and O–H groups in total. The number of carbonyl (C=O) groups is 1. The van der Waals surface area contributed by atoms with Crippen molar-refractivity contribution in [2.75, 3.05) is 30.5 Å². The van der Waals surface area contributed by atoms with Gasteiger partial charge in [0.05, 0.1) is 10.6 Å². The molecule has 0 fully saturated rings. The van der Waals surface area contributed by atoms with Crippen LogP contribution in [0.5, 0.6) is 0 Å². The maximum absolute atomic E-state index is 10.9. The van der Waals surface area contributed by atoms with Crippen LogP contribution in [0.15, 0.2) is 11.4 Å². The molecule has 0 bridgehead atoms. The molecule has 1 aromatic rings. The second-order valence-corrected chi connectivity index (χ2v) is 6.58. The molecule has 0 atom stereocenters. The number of rotatable bonds is 5. The molecule has 15 heavy (non-hydrogen) atoms. The molecule has 1 rings (SSSR count). The molecule has 0 saturated carbocycles. The van der Waals surface area contributed by atoms with Crippen LogP contribution in [-0.4, -0.2) is 40.3 Å². The number of carbonyl (C=O) groups excluding carboxylic acids is 1. The number of sulfone groups is 1. The number of hydrogen-bond donors (Lipinski definition) is 0. The monoisotopic (exact) mass is 247 g/mol. The van der Waals surface area contributed by atoms with Crippen molar-refractivity contribution < 1.29 is 13.2 Å². The Kier molecular flexibility index (Phi) is 3.87. The van der Waals surface area contributed by atoms with E-state index in [2.05, 4.69) is 0 Å². The van der Waals surface area contributed by atoms with Crippen molar-refractivity contribution in [2.24, 2.45) is 0 Å². The van der Waals surface area contributed by atoms with Crippen molar-refractivity contribution in [3.63, 3.8) is 0 Å². The van der Waals surface area contributed by atoms with E-state index in [0.29, 0.717) is 11.4 Å². The molecular weight excluding hydrogens is 234 g/mol. The molecule has 0 spiro atoms. The Morgan fingerprint density at radius 1 is 1.53 bits per heavy atom. The highest BCUT2D eigenvalue weighted by atomic mass is 32.2. The van der Waals surface area contributed by atoms with E-state index >= 15 is 0 Å². The third kappa shape index (κ3) is 4.01. The topological polar surface area (TPSA) is 54.5 Å². The Bertz CT molecular complexity index is 436. The van der Waals surface area contributed by atoms with Crippen molar-refractivity contribution in [3.8, 4) is 0 Å². The van der Waals surface area contributed by atoms with Gasteiger partial charge in [-0.3, -0.25) is 4.79 Å². The average Bonchev–Trinajstić information content (AvgIpc) is 2.61. The summed E-state index contributed by atoms with van der Waals surface area (Å²) < 4.78 is 21.9. The fraction of sp³-hybridized carbons (Fsp3) is 0.444. The Hall–Kier alpha value is -0.880. The van der Waals surface area contributed by atoms with Gasteiger partial charge in [-0.05, 0) is 6.07 Å². The van der Waals surface area contributed by atoms with E-state index < -0.39 is 9.84 Å². The minimum absolute atomic E-state index is 0.121. The zero-order chi connectivity index (χ0) is 11.5. The first-order valence-corrected chi connectivity index (χ1v) is 7.29. The first-order valence-electron chi connectivity index (χ1n) is 4.35. The molecule has 0 saturated heterocycles. The van der Waals surface area contributed by atoms with Gasteiger partial charge >= 0.3 is 0 Å². The van der Waals surface area contributed by atoms with E-state index in [0.717, 1.165) is 12.0 Å². The van der Waals surface area contributed by atoms with Crippen LogP contribution in [0.3, 0.4) is 0 Å². The maximum Gasteiger partial charge on any atom is 0.160 e. The summed E-state index contributed by atoms with van der Waals surface area (Å²) in [5, 5.41) is 1.84. The number of aldehydes is 1. The Labute approximate surface area is 93.4 Å². The summed E-state index contributed by atoms with van der Waals surface area (Å²) in [7, 11) is -1.13. The van der Waals surface area contributed by atoms with Crippen molar-refractivity contribution in [1.29, 1.82) is 0 Å². The van der Waals surface area contributed by atoms with E-state index in [1.807, 2.05) is 17.3 Å². The third-order valence-corrected chi connectivity index (χ3v) is 3.73. The molecule has 0 amide bonds. The standard InChI is InChI=1S/C9H13NO3S2/c1-10(3-4-15(2,12)13)8-5-9(6-11)14-7-8/h5-7H,3-4H2,1-2H3. The number of thiophene rings is 1. The summed E-state index contributed by atoms with van der Waals surface area (Å²) in [6.45, 7) is 0.438. The van der Waals surface area contributed by atoms with Crippen LogP contribution in [0.4, 0.5) is 5.69 Å². The summed E-state index contributed by atoms with van der Waals surface area (Å²) in [5.74, 6) is 0.121. The molecule has 0 unspecified atom stereocenters. The number of nitrogens with zero attached hydrogens (tertiary/aromatic N) is 1. The molecule has 0 aliphatic heterocycles. The van der Waals surface area contributed by atoms with E-state index in [4.69, 9.17) is 0 Å². The lowest BCUT2D eigenvalue weighted by molar-refractivity contribution is 0.112. The smallest absolute Gasteiger partial charge is 0.160 e. The van der Waals surface area contributed by atoms with Gasteiger partial charge in [0.25, 0.3) is 0 Å². The van der Waals surface area contributed by atoms with E-state index in [9.17, 15) is 13.2 Å². The van der Waals surface area contributed by atoms with E-state index in [1.165, 1.54) is 17.6 Å². The fourth-order valence-corrected chi connectivity index (χ4v) is 2.39. The van der Waals surface area contributed by atoms with Crippen molar-refractivity contribution in [1.82, 2.24) is 0 Å². The Morgan fingerprint density at radius 3 is 2.67 bits per heavy atom. The molecule has 6 heteroatoms. The van der Waals surface area contributed by atoms with Gasteiger partial charge in [0.15, 0.2) is 6.29 Å². The lowest BCUT2D eigenvalue weighted by Crippen LogP contribution is -2.24. The van der Waals surface area contributed by atoms with Gasteiger partial charge in [-0.15, -0.1) is 11.3 Å². The van der Waals surface area contributed by atoms with Gasteiger partial charge in [0.1, 0.15) is 9.84 Å². The summed E-state index contributed by atoms with van der Waals surface area (Å²) in [6, 6.07) is 1.75. The summed E-state index contributed by atoms with van der Waals surface area (Å²) >= 11 is 1.35. The van der Waals surface area contributed by atoms with Gasteiger partial charge in [-0.25, -0.2) is 8.42 Å². The number of hydrogen-bond acceptors (Lipinski definition) is 5. The van der Waals surface area contributed by atoms with Crippen LogP contribution in [0.2, 0.25) is 0 Å². The second kappa shape index (κ2) is 4.76. The summed E-state index contributed by atoms with van der Waals surface area (Å²) in [5.41, 5.74) is 0.880. The fourth-order valence-electron chi connectivity index (χ4n) is 1.04. The molecule has 0 radical (unpaired) electrons. The number of anilines is 1. The van der Waals surface area contributed by atoms with Gasteiger partial charge in [0, 0.05) is 30.9 Å². The highest BCUT2D eigenvalue weighted by Gasteiger charge is 2.08. The van der Waals surface area contributed by atoms with Gasteiger partial charge < -0.3 is 4.90 Å². The van der Waals surface area contributed by atoms with E-state index in [-0.39, 0.29) is 5.75 Å². The Balaban J connectivity index is 2.61. The SMILES string of the molecule is CN(CCS(C)(=O)=O)c1csc(C=O)c1. The first-order chi connectivity index (χ1) is 6.92. The van der Waals surface area contributed by atoms with Crippen molar-refractivity contribution >= 4 is 33.1 Å². The van der Waals surface area contributed by atoms with Crippen LogP contribution in [0, 0.1) is 0 Å². The predicted molar refractivity (Wildman–Crippen MR) is 62.7 cm³/mol. The molecule has 1 aromatic heterocycles. The van der Waals surface area contributed by atoms with Crippen LogP contribution in [0.1, 0.15) is 9.67 Å². The summed E-state index contributed by atoms with van der Waals surface area (Å²) in [6.07, 6.45) is 2.00. The molecule has 0 aliphatic rings. The third-order valence-electron chi connectivity index (χ3n) is 1.96. The highest BCUT2D eigenvalue weighted by molar-refractivity contribution is 7.90. The highest BCUT2D eigenvalue weighted by Crippen LogP contribution is 2.20. The molecule has 4 nitrogen and oxygen atoms in total. The molecule has 0 aromatic carbocycles. The Morgan fingerprint density at radius 2 is 2.20 bits per heavy atom. The molecular formula is C9H13NO3S2. The van der Waals surface area contributed by atoms with Gasteiger partial charge in [-0.1, -0.05) is 0 Å². The maximum atomic E-state index is 10.9. The zero-order valence-electron chi connectivity index (χ0n) is 8.63.